The fourth-order valence-electron chi connectivity index (χ4n) is 0. The van der Waals surface area contributed by atoms with E-state index in [0.29, 0.717) is 0 Å². The van der Waals surface area contributed by atoms with Crippen LogP contribution in [0.3, 0.4) is 0 Å². The van der Waals surface area contributed by atoms with Crippen molar-refractivity contribution in [3.05, 3.63) is 0 Å². The quantitative estimate of drug-likeness (QED) is 0.328. The maximum Gasteiger partial charge on any atom is 1.00 e. The van der Waals surface area contributed by atoms with Crippen molar-refractivity contribution < 1.29 is 69.5 Å². The van der Waals surface area contributed by atoms with Gasteiger partial charge in [0.05, 0.1) is 0 Å². The molecule has 0 fully saturated rings. The first-order valence-electron chi connectivity index (χ1n) is 0.775. The van der Waals surface area contributed by atoms with Crippen molar-refractivity contribution in [2.75, 3.05) is 0 Å². The van der Waals surface area contributed by atoms with E-state index in [0.717, 1.165) is 0 Å². The molecule has 0 bridgehead atoms. The molecule has 41 valence electrons. The summed E-state index contributed by atoms with van der Waals surface area (Å²) in [6, 6.07) is 0. The van der Waals surface area contributed by atoms with E-state index in [1.165, 1.54) is 0 Å². The minimum absolute atomic E-state index is 0. The Kier molecular flexibility index (Phi) is 52.5. The number of hydrogen-bond donors (Lipinski definition) is 3. The Balaban J connectivity index is -0.00000000750. The van der Waals surface area contributed by atoms with E-state index in [4.69, 9.17) is 15.1 Å². The van der Waals surface area contributed by atoms with Gasteiger partial charge in [0.2, 0.25) is 0 Å². The van der Waals surface area contributed by atoms with E-state index in [9.17, 15) is 0 Å². The maximum absolute atomic E-state index is 7.17. The molecule has 0 heterocycles. The first-order valence-corrected chi connectivity index (χ1v) is 0.775. The summed E-state index contributed by atoms with van der Waals surface area (Å²) in [5, 5.41) is 21.5. The average molecular weight is 181 g/mol. The van der Waals surface area contributed by atoms with Gasteiger partial charge >= 0.3 is 26.2 Å². The second-order valence-electron chi connectivity index (χ2n) is 0.346. The summed E-state index contributed by atoms with van der Waals surface area (Å²) in [5.41, 5.74) is 0. The molecule has 1 radical (unpaired) electrons. The molecule has 3 nitrogen and oxygen atoms in total. The van der Waals surface area contributed by atoms with Gasteiger partial charge in [-0.2, -0.15) is 0 Å². The third kappa shape index (κ3) is 94.4. The molecule has 7 heavy (non-hydrogen) atoms. The van der Waals surface area contributed by atoms with E-state index < -0.39 is 7.32 Å². The predicted molar refractivity (Wildman–Crippen MR) is 13.5 cm³/mol. The molecule has 0 atom stereocenters. The molecule has 0 aliphatic heterocycles. The van der Waals surface area contributed by atoms with Crippen LogP contribution in [0.2, 0.25) is 0 Å². The minimum Gasteiger partial charge on any atom is -1.00 e. The standard InChI is InChI=1S/BH3O3.Fe.Li.Mn.H/c2-1(3)4;;;;/h2-4H;;;;/q;;+1;;-1. The Hall–Kier alpha value is 1.58. The fraction of sp³-hybridized carbons (Fsp3) is 0. The van der Waals surface area contributed by atoms with Gasteiger partial charge < -0.3 is 16.5 Å². The van der Waals surface area contributed by atoms with Crippen LogP contribution < -0.4 is 18.9 Å². The van der Waals surface area contributed by atoms with Crippen molar-refractivity contribution in [2.24, 2.45) is 0 Å². The van der Waals surface area contributed by atoms with Crippen LogP contribution in [0.1, 0.15) is 1.43 Å². The predicted octanol–water partition coefficient (Wildman–Crippen LogP) is -4.94. The van der Waals surface area contributed by atoms with Gasteiger partial charge in [0.15, 0.2) is 0 Å². The molecule has 0 unspecified atom stereocenters. The molecule has 0 aromatic carbocycles. The molecule has 0 saturated carbocycles. The van der Waals surface area contributed by atoms with Crippen LogP contribution in [0.5, 0.6) is 0 Å². The molecule has 0 amide bonds. The molecular weight excluding hydrogens is 177 g/mol. The summed E-state index contributed by atoms with van der Waals surface area (Å²) in [6.45, 7) is 0. The van der Waals surface area contributed by atoms with Gasteiger partial charge in [-0.15, -0.1) is 0 Å². The molecule has 0 aromatic rings. The van der Waals surface area contributed by atoms with Crippen LogP contribution in [-0.4, -0.2) is 22.4 Å². The Morgan fingerprint density at radius 2 is 1.14 bits per heavy atom. The van der Waals surface area contributed by atoms with Gasteiger partial charge in [-0.25, -0.2) is 0 Å². The van der Waals surface area contributed by atoms with Gasteiger partial charge in [-0.1, -0.05) is 0 Å². The minimum atomic E-state index is -2.17. The van der Waals surface area contributed by atoms with Crippen LogP contribution in [0.4, 0.5) is 0 Å². The van der Waals surface area contributed by atoms with Gasteiger partial charge in [0.1, 0.15) is 0 Å². The summed E-state index contributed by atoms with van der Waals surface area (Å²) in [7, 11) is -2.17. The van der Waals surface area contributed by atoms with Gasteiger partial charge in [0.25, 0.3) is 0 Å². The van der Waals surface area contributed by atoms with Crippen molar-refractivity contribution in [1.82, 2.24) is 0 Å². The van der Waals surface area contributed by atoms with Crippen molar-refractivity contribution in [3.8, 4) is 0 Å². The molecule has 0 rings (SSSR count). The van der Waals surface area contributed by atoms with Crippen molar-refractivity contribution in [2.45, 2.75) is 0 Å². The second kappa shape index (κ2) is 15.6. The van der Waals surface area contributed by atoms with Gasteiger partial charge in [0, 0.05) is 34.1 Å². The van der Waals surface area contributed by atoms with Crippen molar-refractivity contribution in [1.29, 1.82) is 0 Å². The normalized spacial score (nSPS) is 3.86. The Bertz CT molecular complexity index is 24.0. The molecule has 0 saturated heterocycles. The van der Waals surface area contributed by atoms with E-state index >= 15 is 0 Å². The van der Waals surface area contributed by atoms with Gasteiger partial charge in [-0.3, -0.25) is 0 Å². The largest absolute Gasteiger partial charge is 1.00 e. The molecule has 0 spiro atoms. The molecule has 7 heteroatoms. The SMILES string of the molecule is OB(O)O.[Fe].[H-].[Li+].[Mn]. The summed E-state index contributed by atoms with van der Waals surface area (Å²) >= 11 is 0. The van der Waals surface area contributed by atoms with Gasteiger partial charge in [-0.05, 0) is 0 Å². The topological polar surface area (TPSA) is 60.7 Å². The Morgan fingerprint density at radius 3 is 1.14 bits per heavy atom. The van der Waals surface area contributed by atoms with E-state index in [2.05, 4.69) is 0 Å². The first kappa shape index (κ1) is 23.5. The average Bonchev–Trinajstić information content (AvgIpc) is 0.811. The maximum atomic E-state index is 7.17. The smallest absolute Gasteiger partial charge is 1.00 e. The summed E-state index contributed by atoms with van der Waals surface area (Å²) in [6.07, 6.45) is 0. The third-order valence-electron chi connectivity index (χ3n) is 0. The molecule has 0 aliphatic carbocycles. The number of rotatable bonds is 0. The first-order chi connectivity index (χ1) is 1.73. The Morgan fingerprint density at radius 1 is 1.14 bits per heavy atom. The van der Waals surface area contributed by atoms with Crippen molar-refractivity contribution in [3.63, 3.8) is 0 Å². The Labute approximate surface area is 76.7 Å². The van der Waals surface area contributed by atoms with E-state index in [1.807, 2.05) is 0 Å². The van der Waals surface area contributed by atoms with Crippen LogP contribution in [0.25, 0.3) is 0 Å². The van der Waals surface area contributed by atoms with Crippen LogP contribution in [0, 0.1) is 0 Å². The summed E-state index contributed by atoms with van der Waals surface area (Å²) in [4.78, 5) is 0. The number of hydrogen-bond acceptors (Lipinski definition) is 3. The summed E-state index contributed by atoms with van der Waals surface area (Å²) in [5.74, 6) is 0. The second-order valence-corrected chi connectivity index (χ2v) is 0.346. The molecule has 0 aliphatic rings. The zero-order valence-corrected chi connectivity index (χ0v) is 5.94. The molecular formula is H4BFeLiMnO3. The summed E-state index contributed by atoms with van der Waals surface area (Å²) < 4.78 is 0. The third-order valence-corrected chi connectivity index (χ3v) is 0. The van der Waals surface area contributed by atoms with Crippen LogP contribution >= 0.6 is 0 Å². The monoisotopic (exact) mass is 181 g/mol. The van der Waals surface area contributed by atoms with Crippen LogP contribution in [0.15, 0.2) is 0 Å². The van der Waals surface area contributed by atoms with Crippen molar-refractivity contribution >= 4 is 7.32 Å². The zero-order chi connectivity index (χ0) is 3.58. The zero-order valence-electron chi connectivity index (χ0n) is 4.65. The molecule has 3 N–H and O–H groups in total. The van der Waals surface area contributed by atoms with E-state index in [1.54, 1.807) is 0 Å². The fourth-order valence-corrected chi connectivity index (χ4v) is 0. The van der Waals surface area contributed by atoms with Crippen LogP contribution in [-0.2, 0) is 34.1 Å². The van der Waals surface area contributed by atoms with E-state index in [-0.39, 0.29) is 54.4 Å². The molecule has 0 aromatic heterocycles.